The molecule has 0 fully saturated rings. The molecule has 39 heavy (non-hydrogen) atoms. The van der Waals surface area contributed by atoms with Crippen molar-refractivity contribution >= 4 is 38.9 Å². The minimum atomic E-state index is -2.05. The normalized spacial score (nSPS) is 15.6. The van der Waals surface area contributed by atoms with Crippen LogP contribution in [0.3, 0.4) is 0 Å². The van der Waals surface area contributed by atoms with Gasteiger partial charge < -0.3 is 14.5 Å². The number of hydrogen-bond donors (Lipinski definition) is 2. The highest BCUT2D eigenvalue weighted by Crippen LogP contribution is 2.39. The topological polar surface area (TPSA) is 84.9 Å². The zero-order chi connectivity index (χ0) is 29.5. The number of carbonyl (C=O) groups excluding carboxylic acids is 3. The van der Waals surface area contributed by atoms with E-state index in [1.54, 1.807) is 45.0 Å². The van der Waals surface area contributed by atoms with Crippen LogP contribution in [0.5, 0.6) is 5.75 Å². The zero-order valence-corrected chi connectivity index (χ0v) is 26.7. The van der Waals surface area contributed by atoms with Crippen LogP contribution in [0.4, 0.5) is 4.79 Å². The van der Waals surface area contributed by atoms with E-state index < -0.39 is 43.1 Å². The van der Waals surface area contributed by atoms with Gasteiger partial charge in [-0.2, -0.15) is 12.6 Å². The van der Waals surface area contributed by atoms with Crippen LogP contribution in [0.15, 0.2) is 36.4 Å². The second kappa shape index (κ2) is 11.0. The van der Waals surface area contributed by atoms with E-state index in [4.69, 9.17) is 21.8 Å². The van der Waals surface area contributed by atoms with Crippen LogP contribution < -0.4 is 9.74 Å². The second-order valence-electron chi connectivity index (χ2n) is 12.8. The SMILES string of the molecule is Cc1cc(O[Si](C)(C)C(C)(C)C)cc(C)c1C(S)[C@@H](CN1C(=O)c2ccccc2C1=O)NC(=O)OC(C)(C)C. The van der Waals surface area contributed by atoms with Gasteiger partial charge in [-0.05, 0) is 93.7 Å². The minimum absolute atomic E-state index is 0.0500. The number of hydrogen-bond acceptors (Lipinski definition) is 6. The van der Waals surface area contributed by atoms with Gasteiger partial charge in [-0.15, -0.1) is 0 Å². The highest BCUT2D eigenvalue weighted by Gasteiger charge is 2.40. The first-order valence-electron chi connectivity index (χ1n) is 13.3. The van der Waals surface area contributed by atoms with Crippen molar-refractivity contribution in [3.05, 3.63) is 64.2 Å². The number of alkyl carbamates (subject to hydrolysis) is 1. The molecule has 2 aromatic rings. The first kappa shape index (κ1) is 30.8. The van der Waals surface area contributed by atoms with Crippen molar-refractivity contribution in [2.45, 2.75) is 90.4 Å². The van der Waals surface area contributed by atoms with Gasteiger partial charge in [0.1, 0.15) is 11.4 Å². The molecule has 1 heterocycles. The quantitative estimate of drug-likeness (QED) is 0.216. The van der Waals surface area contributed by atoms with E-state index in [-0.39, 0.29) is 11.6 Å². The van der Waals surface area contributed by atoms with E-state index in [9.17, 15) is 14.4 Å². The van der Waals surface area contributed by atoms with E-state index in [0.717, 1.165) is 22.4 Å². The van der Waals surface area contributed by atoms with Gasteiger partial charge in [-0.3, -0.25) is 14.5 Å². The van der Waals surface area contributed by atoms with Gasteiger partial charge in [0.15, 0.2) is 0 Å². The molecule has 3 rings (SSSR count). The first-order valence-corrected chi connectivity index (χ1v) is 16.7. The molecule has 212 valence electrons. The summed E-state index contributed by atoms with van der Waals surface area (Å²) in [5.74, 6) is 0.0234. The van der Waals surface area contributed by atoms with Gasteiger partial charge in [-0.25, -0.2) is 4.79 Å². The van der Waals surface area contributed by atoms with Gasteiger partial charge in [0.2, 0.25) is 8.32 Å². The molecule has 1 N–H and O–H groups in total. The number of aryl methyl sites for hydroxylation is 2. The Balaban J connectivity index is 1.95. The van der Waals surface area contributed by atoms with E-state index in [2.05, 4.69) is 39.2 Å². The molecule has 0 saturated carbocycles. The molecule has 9 heteroatoms. The van der Waals surface area contributed by atoms with Crippen molar-refractivity contribution in [2.75, 3.05) is 6.54 Å². The second-order valence-corrected chi connectivity index (χ2v) is 18.1. The zero-order valence-electron chi connectivity index (χ0n) is 24.8. The Kier molecular flexibility index (Phi) is 8.68. The van der Waals surface area contributed by atoms with Crippen LogP contribution in [0.2, 0.25) is 18.1 Å². The van der Waals surface area contributed by atoms with E-state index in [1.807, 2.05) is 26.0 Å². The van der Waals surface area contributed by atoms with E-state index in [1.165, 1.54) is 4.90 Å². The molecule has 2 atom stereocenters. The van der Waals surface area contributed by atoms with Crippen molar-refractivity contribution < 1.29 is 23.5 Å². The molecule has 0 bridgehead atoms. The van der Waals surface area contributed by atoms with Crippen LogP contribution in [-0.4, -0.2) is 49.3 Å². The van der Waals surface area contributed by atoms with E-state index >= 15 is 0 Å². The predicted octanol–water partition coefficient (Wildman–Crippen LogP) is 6.85. The van der Waals surface area contributed by atoms with Crippen molar-refractivity contribution in [3.8, 4) is 5.75 Å². The predicted molar refractivity (Wildman–Crippen MR) is 160 cm³/mol. The maximum atomic E-state index is 13.1. The Labute approximate surface area is 239 Å². The van der Waals surface area contributed by atoms with Gasteiger partial charge in [0.05, 0.1) is 23.7 Å². The summed E-state index contributed by atoms with van der Waals surface area (Å²) in [7, 11) is -2.05. The highest BCUT2D eigenvalue weighted by molar-refractivity contribution is 7.80. The number of nitrogens with one attached hydrogen (secondary N) is 1. The molecular weight excluding hydrogens is 528 g/mol. The average molecular weight is 571 g/mol. The smallest absolute Gasteiger partial charge is 0.407 e. The fraction of sp³-hybridized carbons (Fsp3) is 0.500. The van der Waals surface area contributed by atoms with Crippen LogP contribution in [0.25, 0.3) is 0 Å². The van der Waals surface area contributed by atoms with Crippen molar-refractivity contribution in [3.63, 3.8) is 0 Å². The number of imide groups is 1. The van der Waals surface area contributed by atoms with Gasteiger partial charge in [0.25, 0.3) is 11.8 Å². The maximum absolute atomic E-state index is 13.1. The van der Waals surface area contributed by atoms with Crippen molar-refractivity contribution in [2.24, 2.45) is 0 Å². The van der Waals surface area contributed by atoms with E-state index in [0.29, 0.717) is 11.1 Å². The molecule has 0 saturated heterocycles. The lowest BCUT2D eigenvalue weighted by Crippen LogP contribution is -2.49. The number of ether oxygens (including phenoxy) is 1. The Morgan fingerprint density at radius 3 is 1.90 bits per heavy atom. The molecule has 1 aliphatic heterocycles. The number of amides is 3. The van der Waals surface area contributed by atoms with Crippen LogP contribution in [-0.2, 0) is 4.74 Å². The Morgan fingerprint density at radius 1 is 0.974 bits per heavy atom. The Bertz CT molecular complexity index is 1220. The number of carbonyl (C=O) groups is 3. The summed E-state index contributed by atoms with van der Waals surface area (Å²) < 4.78 is 12.1. The lowest BCUT2D eigenvalue weighted by atomic mass is 9.95. The van der Waals surface area contributed by atoms with Crippen LogP contribution in [0, 0.1) is 13.8 Å². The number of benzene rings is 2. The van der Waals surface area contributed by atoms with Crippen molar-refractivity contribution in [1.29, 1.82) is 0 Å². The summed E-state index contributed by atoms with van der Waals surface area (Å²) in [4.78, 5) is 40.3. The summed E-state index contributed by atoms with van der Waals surface area (Å²) in [6.07, 6.45) is -0.642. The number of fused-ring (bicyclic) bond motifs is 1. The highest BCUT2D eigenvalue weighted by atomic mass is 32.1. The molecule has 2 aromatic carbocycles. The molecule has 1 unspecified atom stereocenters. The summed E-state index contributed by atoms with van der Waals surface area (Å²) >= 11 is 4.95. The van der Waals surface area contributed by atoms with Crippen LogP contribution in [0.1, 0.15) is 84.2 Å². The molecule has 0 spiro atoms. The molecule has 0 aromatic heterocycles. The summed E-state index contributed by atoms with van der Waals surface area (Å²) in [5, 5.41) is 2.40. The van der Waals surface area contributed by atoms with Crippen LogP contribution >= 0.6 is 12.6 Å². The molecule has 1 aliphatic rings. The molecule has 0 radical (unpaired) electrons. The lowest BCUT2D eigenvalue weighted by Gasteiger charge is -2.37. The number of nitrogens with zero attached hydrogens (tertiary/aromatic N) is 1. The minimum Gasteiger partial charge on any atom is -0.543 e. The average Bonchev–Trinajstić information content (AvgIpc) is 3.00. The Morgan fingerprint density at radius 2 is 1.46 bits per heavy atom. The summed E-state index contributed by atoms with van der Waals surface area (Å²) in [6.45, 7) is 20.2. The summed E-state index contributed by atoms with van der Waals surface area (Å²) in [6, 6.07) is 10.0. The number of thiol groups is 1. The Hall–Kier alpha value is -2.78. The third-order valence-electron chi connectivity index (χ3n) is 7.38. The maximum Gasteiger partial charge on any atom is 0.407 e. The fourth-order valence-electron chi connectivity index (χ4n) is 4.39. The molecule has 3 amide bonds. The number of rotatable bonds is 7. The molecule has 0 aliphatic carbocycles. The largest absolute Gasteiger partial charge is 0.543 e. The van der Waals surface area contributed by atoms with Gasteiger partial charge >= 0.3 is 6.09 Å². The monoisotopic (exact) mass is 570 g/mol. The molecule has 7 nitrogen and oxygen atoms in total. The standard InChI is InChI=1S/C30H42N2O5SSi/c1-18-15-20(37-39(9,10)30(6,7)8)16-19(2)24(18)25(38)23(31-28(35)36-29(3,4)5)17-32-26(33)21-13-11-12-14-22(21)27(32)34/h11-16,23,25,38H,17H2,1-10H3,(H,31,35)/t23-,25?/m1/s1. The third-order valence-corrected chi connectivity index (χ3v) is 12.4. The van der Waals surface area contributed by atoms with Gasteiger partial charge in [0, 0.05) is 5.25 Å². The first-order chi connectivity index (χ1) is 17.8. The van der Waals surface area contributed by atoms with Gasteiger partial charge in [-0.1, -0.05) is 32.9 Å². The third kappa shape index (κ3) is 6.87. The molecular formula is C30H42N2O5SSi. The lowest BCUT2D eigenvalue weighted by molar-refractivity contribution is 0.0467. The van der Waals surface area contributed by atoms with Crippen molar-refractivity contribution in [1.82, 2.24) is 10.2 Å². The fourth-order valence-corrected chi connectivity index (χ4v) is 5.98. The summed E-state index contributed by atoms with van der Waals surface area (Å²) in [5.41, 5.74) is 2.79.